The molecule has 1 saturated heterocycles. The van der Waals surface area contributed by atoms with Crippen LogP contribution < -0.4 is 5.32 Å². The van der Waals surface area contributed by atoms with Gasteiger partial charge in [0, 0.05) is 12.5 Å². The summed E-state index contributed by atoms with van der Waals surface area (Å²) in [6.45, 7) is 5.07. The van der Waals surface area contributed by atoms with Crippen molar-refractivity contribution in [2.24, 2.45) is 0 Å². The standard InChI is InChI=1S/C12H17NO.ClH/c1-10-9-14-12(2,13-10)8-11-6-4-3-5-7-11;/h3-7,10,13H,8-9H2,1-2H3;1H. The molecule has 1 aliphatic heterocycles. The van der Waals surface area contributed by atoms with Crippen molar-refractivity contribution in [3.05, 3.63) is 35.9 Å². The molecule has 2 nitrogen and oxygen atoms in total. The quantitative estimate of drug-likeness (QED) is 0.838. The van der Waals surface area contributed by atoms with Gasteiger partial charge in [-0.25, -0.2) is 0 Å². The Balaban J connectivity index is 0.00000112. The minimum atomic E-state index is -0.180. The molecule has 1 fully saturated rings. The van der Waals surface area contributed by atoms with E-state index >= 15 is 0 Å². The van der Waals surface area contributed by atoms with Crippen molar-refractivity contribution in [1.29, 1.82) is 0 Å². The van der Waals surface area contributed by atoms with Gasteiger partial charge in [0.05, 0.1) is 6.61 Å². The van der Waals surface area contributed by atoms with Crippen LogP contribution in [-0.2, 0) is 11.2 Å². The average Bonchev–Trinajstić information content (AvgIpc) is 2.47. The fraction of sp³-hybridized carbons (Fsp3) is 0.500. The molecule has 1 aromatic carbocycles. The normalized spacial score (nSPS) is 29.9. The molecule has 3 heteroatoms. The molecule has 0 spiro atoms. The highest BCUT2D eigenvalue weighted by Gasteiger charge is 2.32. The molecule has 0 aromatic heterocycles. The smallest absolute Gasteiger partial charge is 0.120 e. The summed E-state index contributed by atoms with van der Waals surface area (Å²) in [6, 6.07) is 10.9. The Kier molecular flexibility index (Phi) is 4.14. The van der Waals surface area contributed by atoms with Gasteiger partial charge in [0.2, 0.25) is 0 Å². The van der Waals surface area contributed by atoms with Crippen LogP contribution in [0, 0.1) is 0 Å². The van der Waals surface area contributed by atoms with Gasteiger partial charge in [-0.3, -0.25) is 5.32 Å². The van der Waals surface area contributed by atoms with Gasteiger partial charge in [0.25, 0.3) is 0 Å². The molecular formula is C12H18ClNO. The van der Waals surface area contributed by atoms with Crippen molar-refractivity contribution in [3.63, 3.8) is 0 Å². The van der Waals surface area contributed by atoms with Gasteiger partial charge in [-0.1, -0.05) is 30.3 Å². The van der Waals surface area contributed by atoms with Crippen LogP contribution in [0.2, 0.25) is 0 Å². The second-order valence-corrected chi connectivity index (χ2v) is 4.25. The van der Waals surface area contributed by atoms with Gasteiger partial charge < -0.3 is 4.74 Å². The van der Waals surface area contributed by atoms with Crippen molar-refractivity contribution >= 4 is 12.4 Å². The minimum Gasteiger partial charge on any atom is -0.359 e. The molecule has 1 N–H and O–H groups in total. The van der Waals surface area contributed by atoms with Gasteiger partial charge in [0.1, 0.15) is 5.72 Å². The van der Waals surface area contributed by atoms with Crippen LogP contribution in [-0.4, -0.2) is 18.4 Å². The third kappa shape index (κ3) is 3.20. The number of hydrogen-bond donors (Lipinski definition) is 1. The second kappa shape index (κ2) is 4.97. The van der Waals surface area contributed by atoms with Crippen LogP contribution in [0.3, 0.4) is 0 Å². The molecule has 0 radical (unpaired) electrons. The third-order valence-corrected chi connectivity index (χ3v) is 2.59. The van der Waals surface area contributed by atoms with Crippen molar-refractivity contribution in [1.82, 2.24) is 5.32 Å². The number of halogens is 1. The van der Waals surface area contributed by atoms with Gasteiger partial charge in [0.15, 0.2) is 0 Å². The zero-order valence-corrected chi connectivity index (χ0v) is 10.0. The van der Waals surface area contributed by atoms with Gasteiger partial charge in [-0.05, 0) is 19.4 Å². The summed E-state index contributed by atoms with van der Waals surface area (Å²) < 4.78 is 5.75. The van der Waals surface area contributed by atoms with E-state index in [1.54, 1.807) is 0 Å². The molecule has 0 aliphatic carbocycles. The van der Waals surface area contributed by atoms with Gasteiger partial charge in [-0.2, -0.15) is 0 Å². The Hall–Kier alpha value is -0.570. The first-order chi connectivity index (χ1) is 6.68. The fourth-order valence-corrected chi connectivity index (χ4v) is 2.00. The number of rotatable bonds is 2. The number of ether oxygens (including phenoxy) is 1. The lowest BCUT2D eigenvalue weighted by atomic mass is 10.0. The van der Waals surface area contributed by atoms with Crippen LogP contribution >= 0.6 is 12.4 Å². The molecule has 0 bridgehead atoms. The first kappa shape index (κ1) is 12.5. The number of nitrogens with one attached hydrogen (secondary N) is 1. The fourth-order valence-electron chi connectivity index (χ4n) is 2.00. The Morgan fingerprint density at radius 2 is 2.07 bits per heavy atom. The first-order valence-electron chi connectivity index (χ1n) is 5.13. The SMILES string of the molecule is CC1COC(C)(Cc2ccccc2)N1.Cl. The van der Waals surface area contributed by atoms with Gasteiger partial charge in [-0.15, -0.1) is 12.4 Å². The topological polar surface area (TPSA) is 21.3 Å². The molecule has 15 heavy (non-hydrogen) atoms. The predicted octanol–water partition coefficient (Wildman–Crippen LogP) is 2.38. The van der Waals surface area contributed by atoms with Crippen LogP contribution in [0.15, 0.2) is 30.3 Å². The molecule has 2 unspecified atom stereocenters. The van der Waals surface area contributed by atoms with Crippen LogP contribution in [0.4, 0.5) is 0 Å². The molecule has 1 aromatic rings. The summed E-state index contributed by atoms with van der Waals surface area (Å²) in [5.41, 5.74) is 1.14. The van der Waals surface area contributed by atoms with Crippen molar-refractivity contribution < 1.29 is 4.74 Å². The average molecular weight is 228 g/mol. The lowest BCUT2D eigenvalue weighted by Crippen LogP contribution is -2.42. The lowest BCUT2D eigenvalue weighted by molar-refractivity contribution is 0.00690. The van der Waals surface area contributed by atoms with E-state index in [1.165, 1.54) is 5.56 Å². The molecule has 0 amide bonds. The van der Waals surface area contributed by atoms with E-state index in [4.69, 9.17) is 4.74 Å². The molecule has 84 valence electrons. The summed E-state index contributed by atoms with van der Waals surface area (Å²) >= 11 is 0. The molecule has 2 rings (SSSR count). The highest BCUT2D eigenvalue weighted by atomic mass is 35.5. The van der Waals surface area contributed by atoms with Crippen molar-refractivity contribution in [2.45, 2.75) is 32.0 Å². The molecule has 0 saturated carbocycles. The maximum Gasteiger partial charge on any atom is 0.120 e. The summed E-state index contributed by atoms with van der Waals surface area (Å²) in [5, 5.41) is 3.46. The lowest BCUT2D eigenvalue weighted by Gasteiger charge is -2.24. The zero-order chi connectivity index (χ0) is 10.0. The van der Waals surface area contributed by atoms with Crippen LogP contribution in [0.5, 0.6) is 0 Å². The Morgan fingerprint density at radius 1 is 1.40 bits per heavy atom. The van der Waals surface area contributed by atoms with Gasteiger partial charge >= 0.3 is 0 Å². The number of hydrogen-bond acceptors (Lipinski definition) is 2. The van der Waals surface area contributed by atoms with E-state index in [0.29, 0.717) is 6.04 Å². The van der Waals surface area contributed by atoms with E-state index in [0.717, 1.165) is 13.0 Å². The highest BCUT2D eigenvalue weighted by Crippen LogP contribution is 2.20. The predicted molar refractivity (Wildman–Crippen MR) is 64.3 cm³/mol. The maximum absolute atomic E-state index is 5.75. The van der Waals surface area contributed by atoms with Crippen LogP contribution in [0.25, 0.3) is 0 Å². The Bertz CT molecular complexity index is 304. The van der Waals surface area contributed by atoms with E-state index < -0.39 is 0 Å². The zero-order valence-electron chi connectivity index (χ0n) is 9.19. The molecular weight excluding hydrogens is 210 g/mol. The minimum absolute atomic E-state index is 0. The Labute approximate surface area is 97.4 Å². The van der Waals surface area contributed by atoms with E-state index in [2.05, 4.69) is 43.4 Å². The molecule has 2 atom stereocenters. The van der Waals surface area contributed by atoms with E-state index in [-0.39, 0.29) is 18.1 Å². The summed E-state index contributed by atoms with van der Waals surface area (Å²) in [4.78, 5) is 0. The highest BCUT2D eigenvalue weighted by molar-refractivity contribution is 5.85. The summed E-state index contributed by atoms with van der Waals surface area (Å²) in [6.07, 6.45) is 0.929. The molecule has 1 heterocycles. The third-order valence-electron chi connectivity index (χ3n) is 2.59. The largest absolute Gasteiger partial charge is 0.359 e. The Morgan fingerprint density at radius 3 is 2.60 bits per heavy atom. The van der Waals surface area contributed by atoms with Crippen molar-refractivity contribution in [3.8, 4) is 0 Å². The monoisotopic (exact) mass is 227 g/mol. The maximum atomic E-state index is 5.75. The van der Waals surface area contributed by atoms with Crippen LogP contribution in [0.1, 0.15) is 19.4 Å². The van der Waals surface area contributed by atoms with E-state index in [9.17, 15) is 0 Å². The second-order valence-electron chi connectivity index (χ2n) is 4.25. The van der Waals surface area contributed by atoms with Crippen molar-refractivity contribution in [2.75, 3.05) is 6.61 Å². The molecule has 1 aliphatic rings. The number of benzene rings is 1. The summed E-state index contributed by atoms with van der Waals surface area (Å²) in [7, 11) is 0. The van der Waals surface area contributed by atoms with E-state index in [1.807, 2.05) is 6.07 Å². The first-order valence-corrected chi connectivity index (χ1v) is 5.13. The summed E-state index contributed by atoms with van der Waals surface area (Å²) in [5.74, 6) is 0.